The lowest BCUT2D eigenvalue weighted by Crippen LogP contribution is -2.29. The van der Waals surface area contributed by atoms with Gasteiger partial charge in [0.1, 0.15) is 34.8 Å². The lowest BCUT2D eigenvalue weighted by molar-refractivity contribution is -0.132. The number of aliphatic hydroxyl groups is 1. The number of ether oxygens (including phenoxy) is 2. The predicted octanol–water partition coefficient (Wildman–Crippen LogP) is 4.54. The van der Waals surface area contributed by atoms with Crippen LogP contribution in [0.3, 0.4) is 0 Å². The summed E-state index contributed by atoms with van der Waals surface area (Å²) in [6.45, 7) is 3.57. The molecule has 164 valence electrons. The number of Topliss-reactive ketones (excluding diaryl/α,β-unsaturated/α-hetero) is 1. The number of methoxy groups -OCH3 is 2. The van der Waals surface area contributed by atoms with Crippen LogP contribution in [0, 0.1) is 13.8 Å². The zero-order valence-electron chi connectivity index (χ0n) is 18.2. The first-order chi connectivity index (χ1) is 15.3. The first kappa shape index (κ1) is 21.2. The number of hydrogen-bond acceptors (Lipinski definition) is 6. The Balaban J connectivity index is 1.94. The molecule has 2 heterocycles. The van der Waals surface area contributed by atoms with Crippen molar-refractivity contribution in [1.29, 1.82) is 0 Å². The van der Waals surface area contributed by atoms with Crippen LogP contribution in [-0.4, -0.2) is 31.0 Å². The summed E-state index contributed by atoms with van der Waals surface area (Å²) in [5.74, 6) is 0.325. The molecule has 7 nitrogen and oxygen atoms in total. The van der Waals surface area contributed by atoms with Gasteiger partial charge in [0.2, 0.25) is 0 Å². The largest absolute Gasteiger partial charge is 0.507 e. The lowest BCUT2D eigenvalue weighted by atomic mass is 9.96. The number of carbonyl (C=O) groups excluding carboxylic acids is 2. The van der Waals surface area contributed by atoms with E-state index in [2.05, 4.69) is 0 Å². The molecule has 1 N–H and O–H groups in total. The molecule has 4 rings (SSSR count). The summed E-state index contributed by atoms with van der Waals surface area (Å²) in [6, 6.07) is 14.4. The van der Waals surface area contributed by atoms with Gasteiger partial charge in [0.25, 0.3) is 11.7 Å². The molecule has 0 bridgehead atoms. The average molecular weight is 433 g/mol. The minimum absolute atomic E-state index is 0.0413. The van der Waals surface area contributed by atoms with Crippen LogP contribution in [-0.2, 0) is 9.59 Å². The summed E-state index contributed by atoms with van der Waals surface area (Å²) in [6.07, 6.45) is 0. The van der Waals surface area contributed by atoms with Crippen LogP contribution in [0.15, 0.2) is 64.6 Å². The number of nitrogens with zero attached hydrogens (tertiary/aromatic N) is 1. The van der Waals surface area contributed by atoms with Gasteiger partial charge in [-0.05, 0) is 61.9 Å². The van der Waals surface area contributed by atoms with Crippen LogP contribution >= 0.6 is 0 Å². The normalized spacial score (nSPS) is 17.6. The van der Waals surface area contributed by atoms with Crippen molar-refractivity contribution in [3.05, 3.63) is 82.8 Å². The maximum Gasteiger partial charge on any atom is 0.300 e. The molecular formula is C25H23NO6. The van der Waals surface area contributed by atoms with Gasteiger partial charge in [-0.1, -0.05) is 6.07 Å². The summed E-state index contributed by atoms with van der Waals surface area (Å²) < 4.78 is 16.3. The van der Waals surface area contributed by atoms with Crippen molar-refractivity contribution in [3.8, 4) is 11.5 Å². The highest BCUT2D eigenvalue weighted by Crippen LogP contribution is 2.43. The lowest BCUT2D eigenvalue weighted by Gasteiger charge is -2.24. The number of carbonyl (C=O) groups is 2. The minimum atomic E-state index is -0.933. The van der Waals surface area contributed by atoms with E-state index in [0.29, 0.717) is 39.8 Å². The Labute approximate surface area is 185 Å². The van der Waals surface area contributed by atoms with E-state index >= 15 is 0 Å². The van der Waals surface area contributed by atoms with Gasteiger partial charge in [-0.2, -0.15) is 0 Å². The van der Waals surface area contributed by atoms with Gasteiger partial charge in [-0.25, -0.2) is 0 Å². The SMILES string of the molecule is COc1cccc(N2C(=O)C(=O)/C(=C(\O)c3ccc(OC)cc3C)C2c2ccc(C)o2)c1. The second-order valence-electron chi connectivity index (χ2n) is 7.50. The van der Waals surface area contributed by atoms with Crippen molar-refractivity contribution in [2.24, 2.45) is 0 Å². The van der Waals surface area contributed by atoms with Crippen LogP contribution in [0.4, 0.5) is 5.69 Å². The number of aryl methyl sites for hydroxylation is 2. The number of furan rings is 1. The number of amides is 1. The number of anilines is 1. The quantitative estimate of drug-likeness (QED) is 0.361. The van der Waals surface area contributed by atoms with E-state index in [0.717, 1.165) is 0 Å². The van der Waals surface area contributed by atoms with Gasteiger partial charge in [-0.3, -0.25) is 14.5 Å². The molecule has 2 aromatic carbocycles. The fraction of sp³-hybridized carbons (Fsp3) is 0.200. The monoisotopic (exact) mass is 433 g/mol. The van der Waals surface area contributed by atoms with Crippen LogP contribution in [0.2, 0.25) is 0 Å². The molecule has 0 spiro atoms. The third-order valence-corrected chi connectivity index (χ3v) is 5.50. The van der Waals surface area contributed by atoms with E-state index < -0.39 is 17.7 Å². The first-order valence-electron chi connectivity index (χ1n) is 10.0. The molecule has 1 unspecified atom stereocenters. The highest BCUT2D eigenvalue weighted by atomic mass is 16.5. The number of ketones is 1. The molecule has 3 aromatic rings. The molecule has 7 heteroatoms. The molecule has 1 atom stereocenters. The van der Waals surface area contributed by atoms with Gasteiger partial charge < -0.3 is 19.0 Å². The van der Waals surface area contributed by atoms with Crippen LogP contribution in [0.1, 0.15) is 28.7 Å². The predicted molar refractivity (Wildman–Crippen MR) is 119 cm³/mol. The van der Waals surface area contributed by atoms with Crippen molar-refractivity contribution >= 4 is 23.1 Å². The minimum Gasteiger partial charge on any atom is -0.507 e. The summed E-state index contributed by atoms with van der Waals surface area (Å²) in [4.78, 5) is 27.7. The third kappa shape index (κ3) is 3.51. The molecule has 1 saturated heterocycles. The molecular weight excluding hydrogens is 410 g/mol. The van der Waals surface area contributed by atoms with E-state index in [1.807, 2.05) is 0 Å². The van der Waals surface area contributed by atoms with Crippen LogP contribution < -0.4 is 14.4 Å². The van der Waals surface area contributed by atoms with Gasteiger partial charge >= 0.3 is 0 Å². The van der Waals surface area contributed by atoms with Crippen molar-refractivity contribution in [1.82, 2.24) is 0 Å². The van der Waals surface area contributed by atoms with E-state index in [1.54, 1.807) is 75.6 Å². The average Bonchev–Trinajstić information content (AvgIpc) is 3.34. The van der Waals surface area contributed by atoms with E-state index in [9.17, 15) is 14.7 Å². The number of aliphatic hydroxyl groups excluding tert-OH is 1. The fourth-order valence-corrected chi connectivity index (χ4v) is 3.90. The van der Waals surface area contributed by atoms with E-state index in [1.165, 1.54) is 12.0 Å². The van der Waals surface area contributed by atoms with Gasteiger partial charge in [0, 0.05) is 17.3 Å². The summed E-state index contributed by atoms with van der Waals surface area (Å²) in [7, 11) is 3.07. The van der Waals surface area contributed by atoms with Crippen LogP contribution in [0.5, 0.6) is 11.5 Å². The first-order valence-corrected chi connectivity index (χ1v) is 10.0. The van der Waals surface area contributed by atoms with Gasteiger partial charge in [0.05, 0.1) is 19.8 Å². The molecule has 1 amide bonds. The Morgan fingerprint density at radius 1 is 0.969 bits per heavy atom. The van der Waals surface area contributed by atoms with Crippen molar-refractivity contribution in [2.45, 2.75) is 19.9 Å². The molecule has 1 aliphatic rings. The maximum absolute atomic E-state index is 13.2. The summed E-state index contributed by atoms with van der Waals surface area (Å²) >= 11 is 0. The highest BCUT2D eigenvalue weighted by Gasteiger charge is 2.48. The van der Waals surface area contributed by atoms with Crippen molar-refractivity contribution in [2.75, 3.05) is 19.1 Å². The van der Waals surface area contributed by atoms with Crippen LogP contribution in [0.25, 0.3) is 5.76 Å². The Hall–Kier alpha value is -4.00. The van der Waals surface area contributed by atoms with Gasteiger partial charge in [-0.15, -0.1) is 0 Å². The zero-order valence-corrected chi connectivity index (χ0v) is 18.2. The Kier molecular flexibility index (Phi) is 5.48. The highest BCUT2D eigenvalue weighted by molar-refractivity contribution is 6.51. The van der Waals surface area contributed by atoms with Crippen molar-refractivity contribution < 1.29 is 28.6 Å². The molecule has 32 heavy (non-hydrogen) atoms. The van der Waals surface area contributed by atoms with E-state index in [-0.39, 0.29) is 11.3 Å². The van der Waals surface area contributed by atoms with Gasteiger partial charge in [0.15, 0.2) is 0 Å². The number of rotatable bonds is 5. The Morgan fingerprint density at radius 2 is 1.69 bits per heavy atom. The Morgan fingerprint density at radius 3 is 2.31 bits per heavy atom. The smallest absolute Gasteiger partial charge is 0.300 e. The molecule has 0 saturated carbocycles. The molecule has 0 radical (unpaired) electrons. The summed E-state index contributed by atoms with van der Waals surface area (Å²) in [5, 5.41) is 11.2. The molecule has 1 fully saturated rings. The number of benzene rings is 2. The van der Waals surface area contributed by atoms with E-state index in [4.69, 9.17) is 13.9 Å². The fourth-order valence-electron chi connectivity index (χ4n) is 3.90. The maximum atomic E-state index is 13.2. The third-order valence-electron chi connectivity index (χ3n) is 5.50. The zero-order chi connectivity index (χ0) is 23.0. The standard InChI is InChI=1S/C25H23NO6/c1-14-12-18(31-4)9-10-19(14)23(27)21-22(20-11-8-15(2)32-20)26(25(29)24(21)28)16-6-5-7-17(13-16)30-3/h5-13,22,27H,1-4H3/b23-21-. The molecule has 1 aliphatic heterocycles. The molecule has 1 aromatic heterocycles. The molecule has 0 aliphatic carbocycles. The second-order valence-corrected chi connectivity index (χ2v) is 7.50. The Bertz CT molecular complexity index is 1240. The van der Waals surface area contributed by atoms with Crippen molar-refractivity contribution in [3.63, 3.8) is 0 Å². The number of hydrogen-bond donors (Lipinski definition) is 1. The second kappa shape index (κ2) is 8.26. The topological polar surface area (TPSA) is 89.2 Å². The summed E-state index contributed by atoms with van der Waals surface area (Å²) in [5.41, 5.74) is 1.54.